The van der Waals surface area contributed by atoms with Gasteiger partial charge in [-0.15, -0.1) is 0 Å². The van der Waals surface area contributed by atoms with Crippen molar-refractivity contribution in [2.45, 2.75) is 71.7 Å². The molecule has 4 aromatic rings. The molecule has 0 saturated carbocycles. The van der Waals surface area contributed by atoms with Crippen molar-refractivity contribution in [3.8, 4) is 0 Å². The summed E-state index contributed by atoms with van der Waals surface area (Å²) in [5.74, 6) is -5.64. The maximum absolute atomic E-state index is 13.7. The fourth-order valence-electron chi connectivity index (χ4n) is 5.29. The molecule has 0 bridgehead atoms. The zero-order chi connectivity index (χ0) is 45.5. The van der Waals surface area contributed by atoms with Gasteiger partial charge in [-0.1, -0.05) is 44.2 Å². The molecule has 4 rings (SSSR count). The summed E-state index contributed by atoms with van der Waals surface area (Å²) < 4.78 is 57.6. The summed E-state index contributed by atoms with van der Waals surface area (Å²) in [7, 11) is 0. The molecule has 0 aliphatic heterocycles. The minimum absolute atomic E-state index is 0.0650. The molecule has 5 amide bonds. The van der Waals surface area contributed by atoms with E-state index in [4.69, 9.17) is 14.2 Å². The number of carbonyl (C=O) groups is 6. The molecule has 5 N–H and O–H groups in total. The number of halogens is 3. The molecule has 0 saturated heterocycles. The highest BCUT2D eigenvalue weighted by atomic mass is 19.4. The van der Waals surface area contributed by atoms with E-state index in [-0.39, 0.29) is 79.8 Å². The Morgan fingerprint density at radius 3 is 2.21 bits per heavy atom. The SMILES string of the molecule is CC(C)C(=O)Nc1nc2ncc(CN(C(=O)C(F)(F)F)c3ccc(C(=O)N[C@H](C=O)CCC(=O)NCCOC(C)(C)OCCNC(=O)OCc4ccccc4)cc3)nc2c(=O)[nH]1. The van der Waals surface area contributed by atoms with Gasteiger partial charge in [-0.25, -0.2) is 14.8 Å². The molecule has 0 spiro atoms. The van der Waals surface area contributed by atoms with Crippen LogP contribution in [0.3, 0.4) is 0 Å². The van der Waals surface area contributed by atoms with Gasteiger partial charge in [-0.2, -0.15) is 18.2 Å². The number of nitrogens with zero attached hydrogens (tertiary/aromatic N) is 4. The number of nitrogens with one attached hydrogen (secondary N) is 5. The Morgan fingerprint density at radius 1 is 0.919 bits per heavy atom. The predicted molar refractivity (Wildman–Crippen MR) is 215 cm³/mol. The molecule has 0 radical (unpaired) electrons. The van der Waals surface area contributed by atoms with Crippen LogP contribution in [0.1, 0.15) is 62.2 Å². The first-order chi connectivity index (χ1) is 29.3. The van der Waals surface area contributed by atoms with Gasteiger partial charge in [0.1, 0.15) is 12.9 Å². The summed E-state index contributed by atoms with van der Waals surface area (Å²) in [5.41, 5.74) is -1.16. The number of fused-ring (bicyclic) bond motifs is 1. The van der Waals surface area contributed by atoms with Crippen LogP contribution in [0.15, 0.2) is 65.6 Å². The van der Waals surface area contributed by atoms with Crippen LogP contribution in [0.25, 0.3) is 11.2 Å². The van der Waals surface area contributed by atoms with Crippen molar-refractivity contribution >= 4 is 58.8 Å². The topological polar surface area (TPSA) is 253 Å². The molecule has 1 atom stereocenters. The van der Waals surface area contributed by atoms with Crippen LogP contribution >= 0.6 is 0 Å². The number of aldehydes is 1. The lowest BCUT2D eigenvalue weighted by molar-refractivity contribution is -0.211. The number of aromatic amines is 1. The van der Waals surface area contributed by atoms with Gasteiger partial charge in [0.2, 0.25) is 17.8 Å². The fraction of sp³-hybridized carbons (Fsp3) is 0.400. The van der Waals surface area contributed by atoms with Gasteiger partial charge in [0.15, 0.2) is 17.0 Å². The smallest absolute Gasteiger partial charge is 0.445 e. The van der Waals surface area contributed by atoms with Crippen molar-refractivity contribution in [1.29, 1.82) is 0 Å². The lowest BCUT2D eigenvalue weighted by Gasteiger charge is -2.26. The van der Waals surface area contributed by atoms with Crippen molar-refractivity contribution in [3.63, 3.8) is 0 Å². The van der Waals surface area contributed by atoms with Crippen molar-refractivity contribution < 1.29 is 56.1 Å². The summed E-state index contributed by atoms with van der Waals surface area (Å²) in [6.07, 6.45) is -4.72. The first kappa shape index (κ1) is 47.9. The zero-order valence-corrected chi connectivity index (χ0v) is 34.2. The molecule has 332 valence electrons. The van der Waals surface area contributed by atoms with Gasteiger partial charge < -0.3 is 35.0 Å². The summed E-state index contributed by atoms with van der Waals surface area (Å²) in [5, 5.41) is 10.1. The summed E-state index contributed by atoms with van der Waals surface area (Å²) in [6.45, 7) is 6.32. The first-order valence-electron chi connectivity index (χ1n) is 19.2. The monoisotopic (exact) mass is 869 g/mol. The molecule has 19 nitrogen and oxygen atoms in total. The number of rotatable bonds is 21. The Bertz CT molecular complexity index is 2260. The summed E-state index contributed by atoms with van der Waals surface area (Å²) in [4.78, 5) is 101. The molecule has 22 heteroatoms. The van der Waals surface area contributed by atoms with Crippen molar-refractivity contribution in [2.75, 3.05) is 36.5 Å². The normalized spacial score (nSPS) is 12.0. The maximum Gasteiger partial charge on any atom is 0.471 e. The molecule has 0 aliphatic carbocycles. The number of benzene rings is 2. The van der Waals surface area contributed by atoms with E-state index in [0.717, 1.165) is 36.0 Å². The number of aromatic nitrogens is 4. The van der Waals surface area contributed by atoms with E-state index >= 15 is 0 Å². The second kappa shape index (κ2) is 22.2. The van der Waals surface area contributed by atoms with Crippen LogP contribution in [-0.4, -0.2) is 100 Å². The summed E-state index contributed by atoms with van der Waals surface area (Å²) >= 11 is 0. The molecule has 2 heterocycles. The average molecular weight is 870 g/mol. The highest BCUT2D eigenvalue weighted by Gasteiger charge is 2.43. The van der Waals surface area contributed by atoms with E-state index in [1.54, 1.807) is 27.7 Å². The minimum atomic E-state index is -5.33. The highest BCUT2D eigenvalue weighted by molar-refractivity contribution is 5.99. The summed E-state index contributed by atoms with van der Waals surface area (Å²) in [6, 6.07) is 12.5. The molecule has 2 aromatic heterocycles. The van der Waals surface area contributed by atoms with Gasteiger partial charge in [0.25, 0.3) is 11.5 Å². The van der Waals surface area contributed by atoms with Crippen molar-refractivity contribution in [2.24, 2.45) is 5.92 Å². The molecular formula is C40H46F3N9O10. The molecule has 0 aliphatic rings. The fourth-order valence-corrected chi connectivity index (χ4v) is 5.29. The highest BCUT2D eigenvalue weighted by Crippen LogP contribution is 2.26. The van der Waals surface area contributed by atoms with Crippen LogP contribution < -0.4 is 31.7 Å². The van der Waals surface area contributed by atoms with Crippen molar-refractivity contribution in [3.05, 3.63) is 88.0 Å². The van der Waals surface area contributed by atoms with Gasteiger partial charge >= 0.3 is 18.2 Å². The maximum atomic E-state index is 13.7. The second-order valence-corrected chi connectivity index (χ2v) is 14.2. The number of alkyl halides is 3. The van der Waals surface area contributed by atoms with Crippen LogP contribution in [0, 0.1) is 5.92 Å². The first-order valence-corrected chi connectivity index (χ1v) is 19.2. The standard InChI is InChI=1S/C40H46F3N9O10/c1-24(2)33(55)50-37-49-32-31(35(57)51-37)47-28(20-46-32)21-52(36(58)40(41,42)43)29-13-10-26(11-14-29)34(56)48-27(22-53)12-15-30(54)44-16-18-61-39(3,4)62-19-17-45-38(59)60-23-25-8-6-5-7-9-25/h5-11,13-14,20,22,24,27H,12,15-19,21,23H2,1-4H3,(H,44,54)(H,45,59)(H,48,56)(H2,46,49,50,51,55,57)/t27-/m0/s1. The number of hydrogen-bond donors (Lipinski definition) is 5. The van der Waals surface area contributed by atoms with Crippen LogP contribution in [-0.2, 0) is 46.5 Å². The number of amides is 5. The Morgan fingerprint density at radius 2 is 1.58 bits per heavy atom. The molecule has 0 unspecified atom stereocenters. The van der Waals surface area contributed by atoms with Crippen LogP contribution in [0.4, 0.5) is 29.6 Å². The lowest BCUT2D eigenvalue weighted by Crippen LogP contribution is -2.41. The third kappa shape index (κ3) is 15.0. The van der Waals surface area contributed by atoms with E-state index in [2.05, 4.69) is 41.2 Å². The number of H-pyrrole nitrogens is 1. The number of hydrogen-bond acceptors (Lipinski definition) is 13. The van der Waals surface area contributed by atoms with Crippen LogP contribution in [0.5, 0.6) is 0 Å². The number of carbonyl (C=O) groups excluding carboxylic acids is 6. The van der Waals surface area contributed by atoms with E-state index in [9.17, 15) is 46.7 Å². The second-order valence-electron chi connectivity index (χ2n) is 14.2. The lowest BCUT2D eigenvalue weighted by atomic mass is 10.1. The van der Waals surface area contributed by atoms with E-state index in [1.807, 2.05) is 30.3 Å². The Labute approximate surface area is 352 Å². The minimum Gasteiger partial charge on any atom is -0.445 e. The Balaban J connectivity index is 1.23. The molecular weight excluding hydrogens is 823 g/mol. The van der Waals surface area contributed by atoms with Gasteiger partial charge in [0.05, 0.1) is 37.7 Å². The largest absolute Gasteiger partial charge is 0.471 e. The number of ether oxygens (including phenoxy) is 3. The quantitative estimate of drug-likeness (QED) is 0.0459. The van der Waals surface area contributed by atoms with E-state index in [0.29, 0.717) is 11.2 Å². The molecule has 2 aromatic carbocycles. The predicted octanol–water partition coefficient (Wildman–Crippen LogP) is 3.29. The number of anilines is 2. The van der Waals surface area contributed by atoms with E-state index < -0.39 is 65.7 Å². The van der Waals surface area contributed by atoms with E-state index in [1.165, 1.54) is 0 Å². The average Bonchev–Trinajstić information content (AvgIpc) is 3.23. The Hall–Kier alpha value is -6.81. The van der Waals surface area contributed by atoms with Crippen molar-refractivity contribution in [1.82, 2.24) is 35.9 Å². The van der Waals surface area contributed by atoms with Crippen LogP contribution in [0.2, 0.25) is 0 Å². The van der Waals surface area contributed by atoms with Gasteiger partial charge in [0, 0.05) is 36.7 Å². The zero-order valence-electron chi connectivity index (χ0n) is 34.2. The number of alkyl carbamates (subject to hydrolysis) is 1. The van der Waals surface area contributed by atoms with Gasteiger partial charge in [-0.05, 0) is 50.1 Å². The van der Waals surface area contributed by atoms with Gasteiger partial charge in [-0.3, -0.25) is 39.2 Å². The molecule has 0 fully saturated rings. The molecule has 62 heavy (non-hydrogen) atoms. The third-order valence-electron chi connectivity index (χ3n) is 8.55. The Kier molecular flexibility index (Phi) is 17.1. The third-order valence-corrected chi connectivity index (χ3v) is 8.55.